The molecular weight excluding hydrogens is 473 g/mol. The molecule has 0 bridgehead atoms. The number of hydrogen-bond acceptors (Lipinski definition) is 2. The first-order valence-electron chi connectivity index (χ1n) is 13.9. The largest absolute Gasteiger partial charge is 0.354 e. The van der Waals surface area contributed by atoms with Gasteiger partial charge in [0.25, 0.3) is 0 Å². The zero-order chi connectivity index (χ0) is 26.6. The average Bonchev–Trinajstić information content (AvgIpc) is 3.26. The predicted octanol–water partition coefficient (Wildman–Crippen LogP) is 7.69. The number of carbonyl (C=O) groups excluding carboxylic acids is 1. The maximum atomic E-state index is 14.7. The molecule has 1 fully saturated rings. The van der Waals surface area contributed by atoms with E-state index in [2.05, 4.69) is 52.5 Å². The van der Waals surface area contributed by atoms with Crippen LogP contribution in [0.25, 0.3) is 22.2 Å². The lowest BCUT2D eigenvalue weighted by atomic mass is 9.89. The Hall–Kier alpha value is -3.44. The Morgan fingerprint density at radius 2 is 1.84 bits per heavy atom. The number of carbonyl (C=O) groups is 1. The van der Waals surface area contributed by atoms with Gasteiger partial charge in [-0.1, -0.05) is 49.7 Å². The summed E-state index contributed by atoms with van der Waals surface area (Å²) in [7, 11) is 0. The highest BCUT2D eigenvalue weighted by molar-refractivity contribution is 5.92. The Bertz CT molecular complexity index is 1420. The molecule has 4 aromatic rings. The van der Waals surface area contributed by atoms with Crippen molar-refractivity contribution in [3.63, 3.8) is 0 Å². The van der Waals surface area contributed by atoms with Crippen molar-refractivity contribution in [3.05, 3.63) is 89.2 Å². The molecule has 1 saturated heterocycles. The monoisotopic (exact) mass is 511 g/mol. The third kappa shape index (κ3) is 5.83. The number of aromatic nitrogens is 1. The summed E-state index contributed by atoms with van der Waals surface area (Å²) < 4.78 is 14.7. The first kappa shape index (κ1) is 26.2. The van der Waals surface area contributed by atoms with Crippen molar-refractivity contribution >= 4 is 22.5 Å². The second-order valence-corrected chi connectivity index (χ2v) is 11.0. The quantitative estimate of drug-likeness (QED) is 0.255. The van der Waals surface area contributed by atoms with Crippen LogP contribution in [-0.4, -0.2) is 35.4 Å². The molecule has 0 radical (unpaired) electrons. The first-order valence-corrected chi connectivity index (χ1v) is 13.9. The van der Waals surface area contributed by atoms with Gasteiger partial charge >= 0.3 is 0 Å². The van der Waals surface area contributed by atoms with Crippen LogP contribution in [0.4, 0.5) is 10.1 Å². The van der Waals surface area contributed by atoms with Crippen LogP contribution in [0.3, 0.4) is 0 Å². The molecule has 1 amide bonds. The lowest BCUT2D eigenvalue weighted by molar-refractivity contribution is -0.118. The fourth-order valence-corrected chi connectivity index (χ4v) is 5.64. The van der Waals surface area contributed by atoms with Gasteiger partial charge in [0.1, 0.15) is 5.82 Å². The highest BCUT2D eigenvalue weighted by Gasteiger charge is 2.22. The van der Waals surface area contributed by atoms with Gasteiger partial charge in [0, 0.05) is 28.1 Å². The highest BCUT2D eigenvalue weighted by atomic mass is 19.1. The first-order chi connectivity index (χ1) is 18.4. The summed E-state index contributed by atoms with van der Waals surface area (Å²) in [5, 5.41) is 4.23. The van der Waals surface area contributed by atoms with E-state index >= 15 is 0 Å². The zero-order valence-electron chi connectivity index (χ0n) is 22.7. The summed E-state index contributed by atoms with van der Waals surface area (Å²) in [4.78, 5) is 18.2. The summed E-state index contributed by atoms with van der Waals surface area (Å²) in [6.45, 7) is 9.11. The van der Waals surface area contributed by atoms with E-state index in [1.54, 1.807) is 6.07 Å². The minimum absolute atomic E-state index is 0.0297. The van der Waals surface area contributed by atoms with E-state index in [1.165, 1.54) is 28.1 Å². The van der Waals surface area contributed by atoms with Crippen molar-refractivity contribution in [2.24, 2.45) is 5.92 Å². The van der Waals surface area contributed by atoms with Crippen molar-refractivity contribution in [1.82, 2.24) is 9.88 Å². The maximum Gasteiger partial charge on any atom is 0.226 e. The number of rotatable bonds is 8. The van der Waals surface area contributed by atoms with Gasteiger partial charge in [0.15, 0.2) is 0 Å². The van der Waals surface area contributed by atoms with Crippen LogP contribution >= 0.6 is 0 Å². The molecule has 1 aliphatic rings. The lowest BCUT2D eigenvalue weighted by Crippen LogP contribution is -2.33. The van der Waals surface area contributed by atoms with E-state index in [0.717, 1.165) is 62.2 Å². The summed E-state index contributed by atoms with van der Waals surface area (Å²) >= 11 is 0. The van der Waals surface area contributed by atoms with Crippen LogP contribution in [0.5, 0.6) is 0 Å². The van der Waals surface area contributed by atoms with E-state index < -0.39 is 0 Å². The molecule has 5 heteroatoms. The molecule has 38 heavy (non-hydrogen) atoms. The zero-order valence-corrected chi connectivity index (χ0v) is 22.7. The average molecular weight is 512 g/mol. The molecule has 2 N–H and O–H groups in total. The summed E-state index contributed by atoms with van der Waals surface area (Å²) in [5.74, 6) is 0.358. The fourth-order valence-electron chi connectivity index (χ4n) is 5.64. The van der Waals surface area contributed by atoms with Crippen molar-refractivity contribution in [2.75, 3.05) is 25.0 Å². The minimum Gasteiger partial charge on any atom is -0.354 e. The Morgan fingerprint density at radius 3 is 2.61 bits per heavy atom. The number of nitrogens with zero attached hydrogens (tertiary/aromatic N) is 1. The van der Waals surface area contributed by atoms with Crippen molar-refractivity contribution < 1.29 is 9.18 Å². The van der Waals surface area contributed by atoms with Crippen molar-refractivity contribution in [1.29, 1.82) is 0 Å². The van der Waals surface area contributed by atoms with Gasteiger partial charge in [-0.2, -0.15) is 0 Å². The number of piperidine rings is 1. The van der Waals surface area contributed by atoms with Crippen LogP contribution in [0.15, 0.2) is 66.7 Å². The Balaban J connectivity index is 1.22. The van der Waals surface area contributed by atoms with Gasteiger partial charge in [0.05, 0.1) is 5.69 Å². The number of anilines is 1. The standard InChI is InChI=1S/C33H38FN3O/c1-22(2)33(38)35-26-9-6-8-25(21-26)24-15-18-37(19-16-24)17-7-11-27-29-20-23(3)13-14-31(29)36-32(27)28-10-4-5-12-30(28)34/h4-6,8-10,12-14,20-22,24,36H,7,11,15-19H2,1-3H3,(H,35,38). The molecule has 1 aliphatic heterocycles. The molecule has 0 atom stereocenters. The van der Waals surface area contributed by atoms with Crippen LogP contribution in [0.1, 0.15) is 55.7 Å². The molecule has 3 aromatic carbocycles. The summed E-state index contributed by atoms with van der Waals surface area (Å²) in [5.41, 5.74) is 7.25. The number of aryl methyl sites for hydroxylation is 2. The molecule has 5 rings (SSSR count). The number of likely N-dealkylation sites (tertiary alicyclic amines) is 1. The predicted molar refractivity (Wildman–Crippen MR) is 155 cm³/mol. The third-order valence-corrected chi connectivity index (χ3v) is 7.84. The Morgan fingerprint density at radius 1 is 1.05 bits per heavy atom. The second-order valence-electron chi connectivity index (χ2n) is 11.0. The third-order valence-electron chi connectivity index (χ3n) is 7.84. The number of benzene rings is 3. The molecule has 2 heterocycles. The van der Waals surface area contributed by atoms with Gasteiger partial charge < -0.3 is 15.2 Å². The number of halogens is 1. The molecule has 0 aliphatic carbocycles. The van der Waals surface area contributed by atoms with Gasteiger partial charge in [-0.25, -0.2) is 4.39 Å². The van der Waals surface area contributed by atoms with E-state index in [4.69, 9.17) is 0 Å². The number of amides is 1. The minimum atomic E-state index is -0.188. The molecule has 0 unspecified atom stereocenters. The molecule has 0 spiro atoms. The van der Waals surface area contributed by atoms with Crippen LogP contribution < -0.4 is 5.32 Å². The topological polar surface area (TPSA) is 48.1 Å². The number of fused-ring (bicyclic) bond motifs is 1. The fraction of sp³-hybridized carbons (Fsp3) is 0.364. The normalized spacial score (nSPS) is 14.9. The summed E-state index contributed by atoms with van der Waals surface area (Å²) in [6.07, 6.45) is 4.18. The highest BCUT2D eigenvalue weighted by Crippen LogP contribution is 2.34. The summed E-state index contributed by atoms with van der Waals surface area (Å²) in [6, 6.07) is 21.8. The van der Waals surface area contributed by atoms with Crippen molar-refractivity contribution in [2.45, 2.75) is 52.4 Å². The Kier molecular flexibility index (Phi) is 7.94. The lowest BCUT2D eigenvalue weighted by Gasteiger charge is -2.32. The van der Waals surface area contributed by atoms with E-state index in [9.17, 15) is 9.18 Å². The van der Waals surface area contributed by atoms with Gasteiger partial charge in [-0.05, 0) is 106 Å². The van der Waals surface area contributed by atoms with Crippen LogP contribution in [0.2, 0.25) is 0 Å². The maximum absolute atomic E-state index is 14.7. The molecule has 198 valence electrons. The van der Waals surface area contributed by atoms with E-state index in [0.29, 0.717) is 11.5 Å². The SMILES string of the molecule is Cc1ccc2[nH]c(-c3ccccc3F)c(CCCN3CCC(c4cccc(NC(=O)C(C)C)c4)CC3)c2c1. The molecular formula is C33H38FN3O. The Labute approximate surface area is 225 Å². The molecule has 1 aromatic heterocycles. The number of nitrogens with one attached hydrogen (secondary N) is 2. The number of aromatic amines is 1. The number of H-pyrrole nitrogens is 1. The second kappa shape index (κ2) is 11.5. The van der Waals surface area contributed by atoms with Gasteiger partial charge in [0.2, 0.25) is 5.91 Å². The van der Waals surface area contributed by atoms with Gasteiger partial charge in [-0.3, -0.25) is 4.79 Å². The smallest absolute Gasteiger partial charge is 0.226 e. The van der Waals surface area contributed by atoms with Crippen LogP contribution in [0, 0.1) is 18.7 Å². The molecule has 0 saturated carbocycles. The van der Waals surface area contributed by atoms with E-state index in [1.807, 2.05) is 38.1 Å². The van der Waals surface area contributed by atoms with Crippen molar-refractivity contribution in [3.8, 4) is 11.3 Å². The number of hydrogen-bond donors (Lipinski definition) is 2. The molecule has 4 nitrogen and oxygen atoms in total. The van der Waals surface area contributed by atoms with E-state index in [-0.39, 0.29) is 17.6 Å². The van der Waals surface area contributed by atoms with Crippen LogP contribution in [-0.2, 0) is 11.2 Å². The van der Waals surface area contributed by atoms with Gasteiger partial charge in [-0.15, -0.1) is 0 Å².